The van der Waals surface area contributed by atoms with Gasteiger partial charge >= 0.3 is 0 Å². The first-order chi connectivity index (χ1) is 8.18. The van der Waals surface area contributed by atoms with Crippen molar-refractivity contribution in [3.05, 3.63) is 34.1 Å². The Kier molecular flexibility index (Phi) is 4.29. The number of Topliss-reactive ketones (excluding diaryl/α,β-unsaturated/α-hetero) is 1. The number of benzene rings is 1. The zero-order chi connectivity index (χ0) is 12.3. The molecule has 1 N–H and O–H groups in total. The Bertz CT molecular complexity index is 416. The number of nitrogens with one attached hydrogen (secondary N) is 1. The van der Waals surface area contributed by atoms with Crippen molar-refractivity contribution in [1.82, 2.24) is 5.32 Å². The SMILES string of the molecule is O=C(Cc1cccc(F)c1Br)C1CCCNC1. The lowest BCUT2D eigenvalue weighted by Crippen LogP contribution is -2.35. The molecule has 2 rings (SSSR count). The van der Waals surface area contributed by atoms with Crippen molar-refractivity contribution in [2.45, 2.75) is 19.3 Å². The van der Waals surface area contributed by atoms with Gasteiger partial charge in [0, 0.05) is 18.9 Å². The third-order valence-electron chi connectivity index (χ3n) is 3.15. The summed E-state index contributed by atoms with van der Waals surface area (Å²) in [6.07, 6.45) is 2.30. The van der Waals surface area contributed by atoms with Crippen LogP contribution in [0.2, 0.25) is 0 Å². The van der Waals surface area contributed by atoms with Crippen LogP contribution in [0.3, 0.4) is 0 Å². The van der Waals surface area contributed by atoms with Crippen molar-refractivity contribution in [3.8, 4) is 0 Å². The van der Waals surface area contributed by atoms with Gasteiger partial charge in [0.1, 0.15) is 11.6 Å². The van der Waals surface area contributed by atoms with Crippen LogP contribution in [0.25, 0.3) is 0 Å². The smallest absolute Gasteiger partial charge is 0.141 e. The standard InChI is InChI=1S/C13H15BrFNO/c14-13-9(3-1-5-11(13)15)7-12(17)10-4-2-6-16-8-10/h1,3,5,10,16H,2,4,6-8H2. The first-order valence-electron chi connectivity index (χ1n) is 5.85. The van der Waals surface area contributed by atoms with Gasteiger partial charge in [-0.3, -0.25) is 4.79 Å². The number of ketones is 1. The molecule has 1 atom stereocenters. The van der Waals surface area contributed by atoms with Gasteiger partial charge in [-0.15, -0.1) is 0 Å². The Balaban J connectivity index is 2.04. The summed E-state index contributed by atoms with van der Waals surface area (Å²) in [5.41, 5.74) is 0.737. The first kappa shape index (κ1) is 12.7. The molecule has 1 aliphatic rings. The Hall–Kier alpha value is -0.740. The minimum atomic E-state index is -0.308. The van der Waals surface area contributed by atoms with Gasteiger partial charge in [0.25, 0.3) is 0 Å². The van der Waals surface area contributed by atoms with Crippen LogP contribution in [0, 0.1) is 11.7 Å². The highest BCUT2D eigenvalue weighted by Gasteiger charge is 2.21. The van der Waals surface area contributed by atoms with Crippen molar-refractivity contribution in [2.24, 2.45) is 5.92 Å². The maximum Gasteiger partial charge on any atom is 0.141 e. The highest BCUT2D eigenvalue weighted by atomic mass is 79.9. The fourth-order valence-corrected chi connectivity index (χ4v) is 2.55. The summed E-state index contributed by atoms with van der Waals surface area (Å²) in [7, 11) is 0. The van der Waals surface area contributed by atoms with E-state index >= 15 is 0 Å². The third-order valence-corrected chi connectivity index (χ3v) is 4.04. The molecule has 2 nitrogen and oxygen atoms in total. The number of carbonyl (C=O) groups is 1. The number of rotatable bonds is 3. The Labute approximate surface area is 109 Å². The van der Waals surface area contributed by atoms with E-state index < -0.39 is 0 Å². The van der Waals surface area contributed by atoms with Crippen molar-refractivity contribution in [2.75, 3.05) is 13.1 Å². The number of piperidine rings is 1. The molecule has 0 radical (unpaired) electrons. The van der Waals surface area contributed by atoms with Crippen LogP contribution >= 0.6 is 15.9 Å². The molecule has 92 valence electrons. The average molecular weight is 300 g/mol. The summed E-state index contributed by atoms with van der Waals surface area (Å²) < 4.78 is 13.7. The van der Waals surface area contributed by atoms with E-state index in [2.05, 4.69) is 21.2 Å². The lowest BCUT2D eigenvalue weighted by Gasteiger charge is -2.21. The van der Waals surface area contributed by atoms with Crippen molar-refractivity contribution in [1.29, 1.82) is 0 Å². The fourth-order valence-electron chi connectivity index (χ4n) is 2.14. The fraction of sp³-hybridized carbons (Fsp3) is 0.462. The van der Waals surface area contributed by atoms with Gasteiger partial charge < -0.3 is 5.32 Å². The summed E-state index contributed by atoms with van der Waals surface area (Å²) in [6, 6.07) is 4.82. The molecule has 1 aromatic carbocycles. The molecule has 1 unspecified atom stereocenters. The van der Waals surface area contributed by atoms with Crippen molar-refractivity contribution >= 4 is 21.7 Å². The summed E-state index contributed by atoms with van der Waals surface area (Å²) in [5, 5.41) is 3.22. The quantitative estimate of drug-likeness (QED) is 0.930. The monoisotopic (exact) mass is 299 g/mol. The van der Waals surface area contributed by atoms with E-state index in [-0.39, 0.29) is 17.5 Å². The molecule has 1 saturated heterocycles. The second-order valence-corrected chi connectivity index (χ2v) is 5.19. The van der Waals surface area contributed by atoms with Crippen LogP contribution in [-0.4, -0.2) is 18.9 Å². The van der Waals surface area contributed by atoms with E-state index in [0.29, 0.717) is 10.9 Å². The number of hydrogen-bond acceptors (Lipinski definition) is 2. The molecule has 4 heteroatoms. The molecule has 17 heavy (non-hydrogen) atoms. The molecule has 0 spiro atoms. The minimum absolute atomic E-state index is 0.0823. The van der Waals surface area contributed by atoms with E-state index in [1.165, 1.54) is 6.07 Å². The second kappa shape index (κ2) is 5.74. The van der Waals surface area contributed by atoms with E-state index in [0.717, 1.165) is 31.5 Å². The molecule has 1 heterocycles. The predicted octanol–water partition coefficient (Wildman–Crippen LogP) is 2.70. The molecule has 1 aliphatic heterocycles. The normalized spacial score (nSPS) is 20.2. The number of hydrogen-bond donors (Lipinski definition) is 1. The van der Waals surface area contributed by atoms with Crippen LogP contribution in [0.5, 0.6) is 0 Å². The summed E-state index contributed by atoms with van der Waals surface area (Å²) in [6.45, 7) is 1.75. The Morgan fingerprint density at radius 2 is 2.35 bits per heavy atom. The minimum Gasteiger partial charge on any atom is -0.316 e. The molecule has 0 bridgehead atoms. The highest BCUT2D eigenvalue weighted by molar-refractivity contribution is 9.10. The van der Waals surface area contributed by atoms with Crippen LogP contribution in [0.15, 0.2) is 22.7 Å². The molecule has 0 saturated carbocycles. The van der Waals surface area contributed by atoms with E-state index in [1.54, 1.807) is 12.1 Å². The van der Waals surface area contributed by atoms with Gasteiger partial charge in [0.05, 0.1) is 4.47 Å². The first-order valence-corrected chi connectivity index (χ1v) is 6.64. The highest BCUT2D eigenvalue weighted by Crippen LogP contribution is 2.23. The molecular weight excluding hydrogens is 285 g/mol. The van der Waals surface area contributed by atoms with Gasteiger partial charge in [-0.1, -0.05) is 12.1 Å². The van der Waals surface area contributed by atoms with Crippen LogP contribution in [0.1, 0.15) is 18.4 Å². The molecule has 1 aromatic rings. The van der Waals surface area contributed by atoms with Crippen LogP contribution < -0.4 is 5.32 Å². The topological polar surface area (TPSA) is 29.1 Å². The maximum absolute atomic E-state index is 13.3. The second-order valence-electron chi connectivity index (χ2n) is 4.40. The van der Waals surface area contributed by atoms with Gasteiger partial charge in [-0.25, -0.2) is 4.39 Å². The van der Waals surface area contributed by atoms with Crippen molar-refractivity contribution in [3.63, 3.8) is 0 Å². The van der Waals surface area contributed by atoms with Gasteiger partial charge in [-0.05, 0) is 46.9 Å². The van der Waals surface area contributed by atoms with Gasteiger partial charge in [-0.2, -0.15) is 0 Å². The van der Waals surface area contributed by atoms with E-state index in [9.17, 15) is 9.18 Å². The predicted molar refractivity (Wildman–Crippen MR) is 68.4 cm³/mol. The van der Waals surface area contributed by atoms with E-state index in [1.807, 2.05) is 0 Å². The molecule has 1 fully saturated rings. The maximum atomic E-state index is 13.3. The largest absolute Gasteiger partial charge is 0.316 e. The number of halogens is 2. The summed E-state index contributed by atoms with van der Waals surface area (Å²) in [4.78, 5) is 12.0. The summed E-state index contributed by atoms with van der Waals surface area (Å²) >= 11 is 3.19. The Morgan fingerprint density at radius 3 is 3.06 bits per heavy atom. The number of carbonyl (C=O) groups excluding carboxylic acids is 1. The lowest BCUT2D eigenvalue weighted by molar-refractivity contribution is -0.122. The zero-order valence-electron chi connectivity index (χ0n) is 9.51. The van der Waals surface area contributed by atoms with Crippen LogP contribution in [0.4, 0.5) is 4.39 Å². The molecular formula is C13H15BrFNO. The van der Waals surface area contributed by atoms with Gasteiger partial charge in [0.2, 0.25) is 0 Å². The molecule has 0 aromatic heterocycles. The molecule has 0 aliphatic carbocycles. The third kappa shape index (κ3) is 3.13. The zero-order valence-corrected chi connectivity index (χ0v) is 11.1. The van der Waals surface area contributed by atoms with Gasteiger partial charge in [0.15, 0.2) is 0 Å². The average Bonchev–Trinajstić information content (AvgIpc) is 2.36. The van der Waals surface area contributed by atoms with Crippen molar-refractivity contribution < 1.29 is 9.18 Å². The Morgan fingerprint density at radius 1 is 1.53 bits per heavy atom. The summed E-state index contributed by atoms with van der Waals surface area (Å²) in [5.74, 6) is -0.0283. The van der Waals surface area contributed by atoms with E-state index in [4.69, 9.17) is 0 Å². The lowest BCUT2D eigenvalue weighted by atomic mass is 9.91. The molecule has 0 amide bonds. The van der Waals surface area contributed by atoms with Crippen LogP contribution in [-0.2, 0) is 11.2 Å².